The minimum atomic E-state index is -4.77. The molecule has 2 aromatic rings. The summed E-state index contributed by atoms with van der Waals surface area (Å²) in [5, 5.41) is 0. The Morgan fingerprint density at radius 3 is 2.45 bits per heavy atom. The third-order valence-corrected chi connectivity index (χ3v) is 2.53. The van der Waals surface area contributed by atoms with Crippen molar-refractivity contribution in [2.75, 3.05) is 5.73 Å². The number of hydrogen-bond acceptors (Lipinski definition) is 4. The lowest BCUT2D eigenvalue weighted by Crippen LogP contribution is -2.19. The molecule has 1 heterocycles. The number of anilines is 1. The molecule has 104 valence electrons. The van der Waals surface area contributed by atoms with Crippen LogP contribution in [0.2, 0.25) is 0 Å². The van der Waals surface area contributed by atoms with Crippen LogP contribution in [-0.4, -0.2) is 15.8 Å². The smallest absolute Gasteiger partial charge is 0.382 e. The van der Waals surface area contributed by atoms with E-state index in [1.54, 1.807) is 30.3 Å². The average Bonchev–Trinajstić information content (AvgIpc) is 2.38. The van der Waals surface area contributed by atoms with Crippen molar-refractivity contribution < 1.29 is 18.0 Å². The summed E-state index contributed by atoms with van der Waals surface area (Å²) >= 11 is 0. The van der Waals surface area contributed by atoms with Gasteiger partial charge >= 0.3 is 6.18 Å². The fourth-order valence-corrected chi connectivity index (χ4v) is 1.67. The molecular weight excluding hydrogens is 271 g/mol. The largest absolute Gasteiger partial charge is 0.435 e. The number of halogens is 3. The number of nitrogens with two attached hydrogens (primary N) is 1. The molecule has 0 bridgehead atoms. The number of carbonyl (C=O) groups excluding carboxylic acids is 1. The molecule has 1 aromatic carbocycles. The van der Waals surface area contributed by atoms with Crippen LogP contribution in [0.3, 0.4) is 0 Å². The molecule has 0 saturated carbocycles. The highest BCUT2D eigenvalue weighted by Crippen LogP contribution is 2.30. The molecule has 0 aliphatic rings. The predicted octanol–water partition coefficient (Wildman–Crippen LogP) is 2.50. The molecular formula is C13H10F3N3O. The molecule has 0 unspecified atom stereocenters. The predicted molar refractivity (Wildman–Crippen MR) is 65.9 cm³/mol. The summed E-state index contributed by atoms with van der Waals surface area (Å²) in [6.07, 6.45) is -4.01. The van der Waals surface area contributed by atoms with Crippen LogP contribution in [0, 0.1) is 0 Å². The summed E-state index contributed by atoms with van der Waals surface area (Å²) in [7, 11) is 0. The Kier molecular flexibility index (Phi) is 3.69. The number of nitrogen functional groups attached to an aromatic ring is 1. The lowest BCUT2D eigenvalue weighted by atomic mass is 10.1. The zero-order chi connectivity index (χ0) is 14.8. The first kappa shape index (κ1) is 14.0. The van der Waals surface area contributed by atoms with Gasteiger partial charge in [-0.3, -0.25) is 4.79 Å². The number of benzene rings is 1. The Bertz CT molecular complexity index is 627. The zero-order valence-electron chi connectivity index (χ0n) is 10.2. The van der Waals surface area contributed by atoms with Crippen molar-refractivity contribution in [3.05, 3.63) is 53.5 Å². The number of ketones is 1. The Morgan fingerprint density at radius 1 is 1.20 bits per heavy atom. The highest BCUT2D eigenvalue weighted by Gasteiger charge is 2.38. The second kappa shape index (κ2) is 5.28. The Morgan fingerprint density at radius 2 is 1.85 bits per heavy atom. The van der Waals surface area contributed by atoms with Crippen molar-refractivity contribution in [1.82, 2.24) is 9.97 Å². The highest BCUT2D eigenvalue weighted by molar-refractivity contribution is 5.96. The van der Waals surface area contributed by atoms with Crippen LogP contribution >= 0.6 is 0 Å². The second-order valence-electron chi connectivity index (χ2n) is 4.08. The first-order valence-electron chi connectivity index (χ1n) is 5.65. The summed E-state index contributed by atoms with van der Waals surface area (Å²) < 4.78 is 38.5. The van der Waals surface area contributed by atoms with Gasteiger partial charge in [0.1, 0.15) is 11.5 Å². The Hall–Kier alpha value is -2.44. The minimum Gasteiger partial charge on any atom is -0.382 e. The molecule has 0 saturated heterocycles. The number of alkyl halides is 3. The van der Waals surface area contributed by atoms with E-state index in [9.17, 15) is 18.0 Å². The van der Waals surface area contributed by atoms with Gasteiger partial charge in [0, 0.05) is 6.42 Å². The SMILES string of the molecule is Nc1cnc(C(=O)Cc2ccccc2)c(C(F)(F)F)n1. The molecule has 0 radical (unpaired) electrons. The van der Waals surface area contributed by atoms with Gasteiger partial charge in [0.05, 0.1) is 6.20 Å². The normalized spacial score (nSPS) is 11.3. The van der Waals surface area contributed by atoms with E-state index in [2.05, 4.69) is 9.97 Å². The number of carbonyl (C=O) groups is 1. The fourth-order valence-electron chi connectivity index (χ4n) is 1.67. The van der Waals surface area contributed by atoms with E-state index in [1.165, 1.54) is 0 Å². The van der Waals surface area contributed by atoms with Gasteiger partial charge in [-0.25, -0.2) is 9.97 Å². The van der Waals surface area contributed by atoms with E-state index in [1.807, 2.05) is 0 Å². The first-order chi connectivity index (χ1) is 9.38. The minimum absolute atomic E-state index is 0.178. The third kappa shape index (κ3) is 3.11. The van der Waals surface area contributed by atoms with Crippen LogP contribution in [0.25, 0.3) is 0 Å². The summed E-state index contributed by atoms with van der Waals surface area (Å²) in [6.45, 7) is 0. The molecule has 0 amide bonds. The molecule has 0 atom stereocenters. The van der Waals surface area contributed by atoms with E-state index >= 15 is 0 Å². The Labute approximate surface area is 112 Å². The van der Waals surface area contributed by atoms with Crippen LogP contribution in [0.5, 0.6) is 0 Å². The van der Waals surface area contributed by atoms with E-state index in [0.29, 0.717) is 5.56 Å². The van der Waals surface area contributed by atoms with E-state index in [4.69, 9.17) is 5.73 Å². The van der Waals surface area contributed by atoms with Crippen LogP contribution in [0.1, 0.15) is 21.7 Å². The van der Waals surface area contributed by atoms with Gasteiger partial charge in [0.2, 0.25) is 0 Å². The molecule has 0 spiro atoms. The maximum absolute atomic E-state index is 12.8. The number of nitrogens with zero attached hydrogens (tertiary/aromatic N) is 2. The van der Waals surface area contributed by atoms with Gasteiger partial charge in [0.15, 0.2) is 11.5 Å². The van der Waals surface area contributed by atoms with Gasteiger partial charge in [0.25, 0.3) is 0 Å². The van der Waals surface area contributed by atoms with Gasteiger partial charge in [-0.2, -0.15) is 13.2 Å². The third-order valence-electron chi connectivity index (χ3n) is 2.53. The van der Waals surface area contributed by atoms with Gasteiger partial charge in [-0.05, 0) is 5.56 Å². The molecule has 1 aromatic heterocycles. The molecule has 2 N–H and O–H groups in total. The Balaban J connectivity index is 2.35. The molecule has 0 aliphatic heterocycles. The maximum atomic E-state index is 12.8. The topological polar surface area (TPSA) is 68.9 Å². The number of rotatable bonds is 3. The fraction of sp³-hybridized carbons (Fsp3) is 0.154. The zero-order valence-corrected chi connectivity index (χ0v) is 10.2. The highest BCUT2D eigenvalue weighted by atomic mass is 19.4. The monoisotopic (exact) mass is 281 g/mol. The average molecular weight is 281 g/mol. The van der Waals surface area contributed by atoms with Crippen molar-refractivity contribution in [1.29, 1.82) is 0 Å². The van der Waals surface area contributed by atoms with Crippen LogP contribution in [0.15, 0.2) is 36.5 Å². The summed E-state index contributed by atoms with van der Waals surface area (Å²) in [5.41, 5.74) is 3.73. The molecule has 4 nitrogen and oxygen atoms in total. The number of Topliss-reactive ketones (excluding diaryl/α,β-unsaturated/α-hetero) is 1. The van der Waals surface area contributed by atoms with Gasteiger partial charge in [-0.1, -0.05) is 30.3 Å². The standard InChI is InChI=1S/C13H10F3N3O/c14-13(15,16)12-11(18-7-10(17)19-12)9(20)6-8-4-2-1-3-5-8/h1-5,7H,6H2,(H2,17,19). The van der Waals surface area contributed by atoms with E-state index in [-0.39, 0.29) is 12.2 Å². The van der Waals surface area contributed by atoms with Crippen molar-refractivity contribution in [3.63, 3.8) is 0 Å². The van der Waals surface area contributed by atoms with Gasteiger partial charge in [-0.15, -0.1) is 0 Å². The van der Waals surface area contributed by atoms with Crippen LogP contribution in [0.4, 0.5) is 19.0 Å². The lowest BCUT2D eigenvalue weighted by Gasteiger charge is -2.10. The second-order valence-corrected chi connectivity index (χ2v) is 4.08. The van der Waals surface area contributed by atoms with E-state index in [0.717, 1.165) is 6.20 Å². The quantitative estimate of drug-likeness (QED) is 0.878. The van der Waals surface area contributed by atoms with Crippen molar-refractivity contribution in [2.24, 2.45) is 0 Å². The molecule has 2 rings (SSSR count). The van der Waals surface area contributed by atoms with E-state index < -0.39 is 23.3 Å². The summed E-state index contributed by atoms with van der Waals surface area (Å²) in [6, 6.07) is 8.44. The molecule has 0 fully saturated rings. The van der Waals surface area contributed by atoms with Crippen molar-refractivity contribution >= 4 is 11.6 Å². The van der Waals surface area contributed by atoms with Crippen molar-refractivity contribution in [2.45, 2.75) is 12.6 Å². The summed E-state index contributed by atoms with van der Waals surface area (Å²) in [5.74, 6) is -1.13. The molecule has 20 heavy (non-hydrogen) atoms. The lowest BCUT2D eigenvalue weighted by molar-refractivity contribution is -0.141. The summed E-state index contributed by atoms with van der Waals surface area (Å²) in [4.78, 5) is 18.6. The molecule has 7 heteroatoms. The van der Waals surface area contributed by atoms with Crippen LogP contribution < -0.4 is 5.73 Å². The first-order valence-corrected chi connectivity index (χ1v) is 5.65. The number of aromatic nitrogens is 2. The van der Waals surface area contributed by atoms with Crippen molar-refractivity contribution in [3.8, 4) is 0 Å². The molecule has 0 aliphatic carbocycles. The van der Waals surface area contributed by atoms with Gasteiger partial charge < -0.3 is 5.73 Å². The number of hydrogen-bond donors (Lipinski definition) is 1. The maximum Gasteiger partial charge on any atom is 0.435 e. The van der Waals surface area contributed by atoms with Crippen LogP contribution in [-0.2, 0) is 12.6 Å².